The molecule has 3 aromatic rings. The van der Waals surface area contributed by atoms with Crippen molar-refractivity contribution in [2.45, 2.75) is 0 Å². The molecule has 0 atom stereocenters. The van der Waals surface area contributed by atoms with E-state index in [9.17, 15) is 4.79 Å². The highest BCUT2D eigenvalue weighted by molar-refractivity contribution is 7.16. The predicted molar refractivity (Wildman–Crippen MR) is 92.4 cm³/mol. The summed E-state index contributed by atoms with van der Waals surface area (Å²) in [6.07, 6.45) is 1.55. The number of aryl methyl sites for hydroxylation is 1. The van der Waals surface area contributed by atoms with Crippen LogP contribution in [-0.4, -0.2) is 29.6 Å². The predicted octanol–water partition coefficient (Wildman–Crippen LogP) is 1.95. The molecular weight excluding hydrogens is 310 g/mol. The molecule has 23 heavy (non-hydrogen) atoms. The molecule has 1 amide bonds. The van der Waals surface area contributed by atoms with Gasteiger partial charge in [-0.05, 0) is 24.3 Å². The zero-order chi connectivity index (χ0) is 16.4. The largest absolute Gasteiger partial charge is 0.363 e. The Labute approximate surface area is 137 Å². The third-order valence-electron chi connectivity index (χ3n) is 3.44. The Morgan fingerprint density at radius 1 is 1.26 bits per heavy atom. The minimum atomic E-state index is -0.278. The van der Waals surface area contributed by atoms with Crippen molar-refractivity contribution >= 4 is 33.3 Å². The van der Waals surface area contributed by atoms with Crippen molar-refractivity contribution in [3.8, 4) is 0 Å². The van der Waals surface area contributed by atoms with Gasteiger partial charge in [-0.15, -0.1) is 5.10 Å². The summed E-state index contributed by atoms with van der Waals surface area (Å²) >= 11 is 1.53. The normalized spacial score (nSPS) is 11.7. The lowest BCUT2D eigenvalue weighted by molar-refractivity contribution is 0.0952. The number of fused-ring (bicyclic) bond motifs is 1. The Morgan fingerprint density at radius 3 is 2.70 bits per heavy atom. The molecule has 3 rings (SSSR count). The van der Waals surface area contributed by atoms with Crippen molar-refractivity contribution in [3.05, 3.63) is 53.0 Å². The van der Waals surface area contributed by atoms with E-state index in [2.05, 4.69) is 15.5 Å². The van der Waals surface area contributed by atoms with E-state index in [1.54, 1.807) is 18.3 Å². The Bertz CT molecular complexity index is 908. The smallest absolute Gasteiger partial charge is 0.273 e. The van der Waals surface area contributed by atoms with E-state index in [4.69, 9.17) is 0 Å². The summed E-state index contributed by atoms with van der Waals surface area (Å²) in [7, 11) is 5.73. The molecule has 2 aromatic heterocycles. The molecule has 0 radical (unpaired) electrons. The van der Waals surface area contributed by atoms with E-state index in [0.717, 1.165) is 20.8 Å². The SMILES string of the molecule is CN(C)c1ccc(C(=O)N/N=c2/sc3ccccc3n2C)cn1. The van der Waals surface area contributed by atoms with Gasteiger partial charge in [-0.1, -0.05) is 23.5 Å². The molecule has 0 fully saturated rings. The van der Waals surface area contributed by atoms with Crippen LogP contribution >= 0.6 is 11.3 Å². The third kappa shape index (κ3) is 3.09. The highest BCUT2D eigenvalue weighted by Crippen LogP contribution is 2.15. The maximum absolute atomic E-state index is 12.2. The molecule has 1 N–H and O–H groups in total. The molecule has 1 aromatic carbocycles. The van der Waals surface area contributed by atoms with Crippen LogP contribution in [-0.2, 0) is 7.05 Å². The minimum absolute atomic E-state index is 0.278. The van der Waals surface area contributed by atoms with Crippen LogP contribution in [0.4, 0.5) is 5.82 Å². The Morgan fingerprint density at radius 2 is 2.04 bits per heavy atom. The fraction of sp³-hybridized carbons (Fsp3) is 0.188. The number of carbonyl (C=O) groups excluding carboxylic acids is 1. The maximum atomic E-state index is 12.2. The summed E-state index contributed by atoms with van der Waals surface area (Å²) in [5, 5.41) is 4.22. The van der Waals surface area contributed by atoms with Crippen LogP contribution in [0, 0.1) is 0 Å². The summed E-state index contributed by atoms with van der Waals surface area (Å²) in [5.74, 6) is 0.523. The second-order valence-corrected chi connectivity index (χ2v) is 6.27. The first-order valence-electron chi connectivity index (χ1n) is 7.08. The summed E-state index contributed by atoms with van der Waals surface area (Å²) < 4.78 is 3.08. The number of nitrogens with one attached hydrogen (secondary N) is 1. The lowest BCUT2D eigenvalue weighted by atomic mass is 10.2. The second kappa shape index (κ2) is 6.21. The number of hydrogen-bond donors (Lipinski definition) is 1. The average Bonchev–Trinajstić information content (AvgIpc) is 2.89. The van der Waals surface area contributed by atoms with Crippen molar-refractivity contribution in [2.75, 3.05) is 19.0 Å². The van der Waals surface area contributed by atoms with Crippen LogP contribution in [0.5, 0.6) is 0 Å². The van der Waals surface area contributed by atoms with Gasteiger partial charge in [0.1, 0.15) is 5.82 Å². The minimum Gasteiger partial charge on any atom is -0.363 e. The highest BCUT2D eigenvalue weighted by Gasteiger charge is 2.07. The zero-order valence-corrected chi connectivity index (χ0v) is 14.0. The summed E-state index contributed by atoms with van der Waals surface area (Å²) in [6.45, 7) is 0. The number of anilines is 1. The number of rotatable bonds is 3. The molecule has 0 saturated heterocycles. The maximum Gasteiger partial charge on any atom is 0.273 e. The van der Waals surface area contributed by atoms with Crippen LogP contribution in [0.3, 0.4) is 0 Å². The van der Waals surface area contributed by atoms with Crippen LogP contribution in [0.15, 0.2) is 47.7 Å². The molecule has 6 nitrogen and oxygen atoms in total. The first-order chi connectivity index (χ1) is 11.1. The number of thiazole rings is 1. The van der Waals surface area contributed by atoms with Crippen molar-refractivity contribution < 1.29 is 4.79 Å². The second-order valence-electron chi connectivity index (χ2n) is 5.26. The summed E-state index contributed by atoms with van der Waals surface area (Å²) in [6, 6.07) is 11.6. The Hall–Kier alpha value is -2.67. The molecule has 7 heteroatoms. The molecule has 0 aliphatic carbocycles. The Kier molecular flexibility index (Phi) is 4.12. The lowest BCUT2D eigenvalue weighted by Crippen LogP contribution is -2.23. The van der Waals surface area contributed by atoms with E-state index in [1.165, 1.54) is 11.3 Å². The van der Waals surface area contributed by atoms with Gasteiger partial charge in [-0.2, -0.15) is 0 Å². The number of aromatic nitrogens is 2. The number of para-hydroxylation sites is 1. The van der Waals surface area contributed by atoms with E-state index in [0.29, 0.717) is 5.56 Å². The summed E-state index contributed by atoms with van der Waals surface area (Å²) in [5.41, 5.74) is 4.15. The monoisotopic (exact) mass is 327 g/mol. The van der Waals surface area contributed by atoms with Crippen molar-refractivity contribution in [2.24, 2.45) is 12.1 Å². The average molecular weight is 327 g/mol. The van der Waals surface area contributed by atoms with Crippen LogP contribution in [0.25, 0.3) is 10.2 Å². The van der Waals surface area contributed by atoms with E-state index >= 15 is 0 Å². The third-order valence-corrected chi connectivity index (χ3v) is 4.55. The van der Waals surface area contributed by atoms with Gasteiger partial charge in [0.25, 0.3) is 5.91 Å². The van der Waals surface area contributed by atoms with Gasteiger partial charge >= 0.3 is 0 Å². The molecule has 118 valence electrons. The van der Waals surface area contributed by atoms with Crippen LogP contribution < -0.4 is 15.1 Å². The molecular formula is C16H17N5OS. The molecule has 0 saturated carbocycles. The lowest BCUT2D eigenvalue weighted by Gasteiger charge is -2.10. The van der Waals surface area contributed by atoms with Gasteiger partial charge in [0.05, 0.1) is 15.8 Å². The van der Waals surface area contributed by atoms with E-state index in [-0.39, 0.29) is 5.91 Å². The van der Waals surface area contributed by atoms with E-state index < -0.39 is 0 Å². The molecule has 0 bridgehead atoms. The van der Waals surface area contributed by atoms with Gasteiger partial charge in [0.15, 0.2) is 0 Å². The van der Waals surface area contributed by atoms with Crippen LogP contribution in [0.2, 0.25) is 0 Å². The standard InChI is InChI=1S/C16H17N5OS/c1-20(2)14-9-8-11(10-17-14)15(22)18-19-16-21(3)12-6-4-5-7-13(12)23-16/h4-10H,1-3H3,(H,18,22)/b19-16+. The zero-order valence-electron chi connectivity index (χ0n) is 13.1. The molecule has 2 heterocycles. The van der Waals surface area contributed by atoms with Gasteiger partial charge < -0.3 is 9.47 Å². The van der Waals surface area contributed by atoms with Gasteiger partial charge in [0.2, 0.25) is 4.80 Å². The fourth-order valence-corrected chi connectivity index (χ4v) is 3.12. The number of carbonyl (C=O) groups is 1. The number of amides is 1. The first kappa shape index (κ1) is 15.2. The van der Waals surface area contributed by atoms with Crippen molar-refractivity contribution in [3.63, 3.8) is 0 Å². The number of benzene rings is 1. The topological polar surface area (TPSA) is 62.5 Å². The molecule has 0 unspecified atom stereocenters. The summed E-state index contributed by atoms with van der Waals surface area (Å²) in [4.78, 5) is 19.0. The highest BCUT2D eigenvalue weighted by atomic mass is 32.1. The van der Waals surface area contributed by atoms with E-state index in [1.807, 2.05) is 54.9 Å². The quantitative estimate of drug-likeness (QED) is 0.748. The number of pyridine rings is 1. The van der Waals surface area contributed by atoms with Gasteiger partial charge in [0, 0.05) is 27.3 Å². The van der Waals surface area contributed by atoms with Crippen molar-refractivity contribution in [1.29, 1.82) is 0 Å². The molecule has 0 aliphatic heterocycles. The number of hydrogen-bond acceptors (Lipinski definition) is 5. The van der Waals surface area contributed by atoms with Crippen LogP contribution in [0.1, 0.15) is 10.4 Å². The molecule has 0 aliphatic rings. The Balaban J connectivity index is 1.83. The molecule has 0 spiro atoms. The van der Waals surface area contributed by atoms with Crippen molar-refractivity contribution in [1.82, 2.24) is 15.0 Å². The first-order valence-corrected chi connectivity index (χ1v) is 7.90. The number of nitrogens with zero attached hydrogens (tertiary/aromatic N) is 4. The fourth-order valence-electron chi connectivity index (χ4n) is 2.14. The van der Waals surface area contributed by atoms with Gasteiger partial charge in [-0.25, -0.2) is 10.4 Å². The van der Waals surface area contributed by atoms with Gasteiger partial charge in [-0.3, -0.25) is 4.79 Å².